The highest BCUT2D eigenvalue weighted by Gasteiger charge is 2.07. The minimum absolute atomic E-state index is 0.451. The molecule has 102 valence electrons. The molecule has 6 nitrogen and oxygen atoms in total. The summed E-state index contributed by atoms with van der Waals surface area (Å²) < 4.78 is 7.19. The van der Waals surface area contributed by atoms with Gasteiger partial charge in [0, 0.05) is 5.75 Å². The van der Waals surface area contributed by atoms with Crippen molar-refractivity contribution in [2.45, 2.75) is 18.2 Å². The van der Waals surface area contributed by atoms with E-state index in [0.29, 0.717) is 17.7 Å². The largest absolute Gasteiger partial charge is 0.414 e. The molecule has 3 rings (SSSR count). The Bertz CT molecular complexity index is 638. The topological polar surface area (TPSA) is 69.6 Å². The Hall–Kier alpha value is -2.15. The van der Waals surface area contributed by atoms with Crippen LogP contribution >= 0.6 is 11.8 Å². The number of rotatable bonds is 6. The Balaban J connectivity index is 1.50. The van der Waals surface area contributed by atoms with E-state index >= 15 is 0 Å². The van der Waals surface area contributed by atoms with Gasteiger partial charge >= 0.3 is 0 Å². The molecule has 0 radical (unpaired) electrons. The smallest absolute Gasteiger partial charge is 0.276 e. The van der Waals surface area contributed by atoms with Gasteiger partial charge in [-0.25, -0.2) is 9.67 Å². The molecule has 0 unspecified atom stereocenters. The predicted octanol–water partition coefficient (Wildman–Crippen LogP) is 2.04. The molecule has 0 aliphatic rings. The van der Waals surface area contributed by atoms with Crippen LogP contribution in [0.25, 0.3) is 0 Å². The van der Waals surface area contributed by atoms with E-state index in [9.17, 15) is 0 Å². The van der Waals surface area contributed by atoms with Crippen LogP contribution in [0.2, 0.25) is 0 Å². The minimum Gasteiger partial charge on any atom is -0.414 e. The Kier molecular flexibility index (Phi) is 4.07. The van der Waals surface area contributed by atoms with Gasteiger partial charge < -0.3 is 4.42 Å². The van der Waals surface area contributed by atoms with Crippen molar-refractivity contribution in [1.82, 2.24) is 25.0 Å². The Morgan fingerprint density at radius 2 is 2.05 bits per heavy atom. The first-order valence-electron chi connectivity index (χ1n) is 6.22. The fourth-order valence-corrected chi connectivity index (χ4v) is 2.48. The summed E-state index contributed by atoms with van der Waals surface area (Å²) in [5.41, 5.74) is 1.31. The molecule has 0 bridgehead atoms. The summed E-state index contributed by atoms with van der Waals surface area (Å²) >= 11 is 1.56. The van der Waals surface area contributed by atoms with Gasteiger partial charge in [-0.1, -0.05) is 42.1 Å². The number of aromatic nitrogens is 5. The van der Waals surface area contributed by atoms with Crippen LogP contribution in [0.15, 0.2) is 52.6 Å². The molecule has 0 N–H and O–H groups in total. The van der Waals surface area contributed by atoms with Gasteiger partial charge in [0.05, 0.1) is 0 Å². The summed E-state index contributed by atoms with van der Waals surface area (Å²) in [7, 11) is 0. The number of hydrogen-bond acceptors (Lipinski definition) is 6. The lowest BCUT2D eigenvalue weighted by Crippen LogP contribution is -1.99. The summed E-state index contributed by atoms with van der Waals surface area (Å²) in [6.45, 7) is 0.451. The van der Waals surface area contributed by atoms with Gasteiger partial charge in [-0.3, -0.25) is 0 Å². The first kappa shape index (κ1) is 12.9. The molecule has 0 amide bonds. The summed E-state index contributed by atoms with van der Waals surface area (Å²) in [5.74, 6) is 1.45. The second kappa shape index (κ2) is 6.33. The second-order valence-corrected chi connectivity index (χ2v) is 5.18. The standard InChI is InChI=1S/C13H13N5OS/c1-2-4-11(5-3-1)6-7-20-13-17-16-12(19-13)8-18-10-14-9-15-18/h1-5,9-10H,6-8H2. The lowest BCUT2D eigenvalue weighted by molar-refractivity contribution is 0.397. The van der Waals surface area contributed by atoms with E-state index in [-0.39, 0.29) is 0 Å². The number of hydrogen-bond donors (Lipinski definition) is 0. The highest BCUT2D eigenvalue weighted by molar-refractivity contribution is 7.99. The lowest BCUT2D eigenvalue weighted by atomic mass is 10.2. The molecule has 3 aromatic rings. The molecule has 2 heterocycles. The molecule has 0 saturated carbocycles. The van der Waals surface area contributed by atoms with Crippen molar-refractivity contribution >= 4 is 11.8 Å². The van der Waals surface area contributed by atoms with Gasteiger partial charge in [0.15, 0.2) is 0 Å². The van der Waals surface area contributed by atoms with Gasteiger partial charge in [0.1, 0.15) is 19.2 Å². The highest BCUT2D eigenvalue weighted by Crippen LogP contribution is 2.17. The van der Waals surface area contributed by atoms with Crippen LogP contribution < -0.4 is 0 Å². The zero-order chi connectivity index (χ0) is 13.6. The van der Waals surface area contributed by atoms with E-state index in [4.69, 9.17) is 4.42 Å². The fraction of sp³-hybridized carbons (Fsp3) is 0.231. The number of thioether (sulfide) groups is 1. The first-order chi connectivity index (χ1) is 9.90. The molecule has 0 atom stereocenters. The zero-order valence-electron chi connectivity index (χ0n) is 10.7. The van der Waals surface area contributed by atoms with Crippen molar-refractivity contribution < 1.29 is 4.42 Å². The maximum absolute atomic E-state index is 5.55. The Morgan fingerprint density at radius 3 is 2.85 bits per heavy atom. The third kappa shape index (κ3) is 3.45. The van der Waals surface area contributed by atoms with Gasteiger partial charge in [-0.15, -0.1) is 10.2 Å². The van der Waals surface area contributed by atoms with E-state index < -0.39 is 0 Å². The summed E-state index contributed by atoms with van der Waals surface area (Å²) in [5, 5.41) is 12.6. The lowest BCUT2D eigenvalue weighted by Gasteiger charge is -1.98. The predicted molar refractivity (Wildman–Crippen MR) is 74.3 cm³/mol. The number of benzene rings is 1. The average molecular weight is 287 g/mol. The van der Waals surface area contributed by atoms with Crippen LogP contribution in [0, 0.1) is 0 Å². The van der Waals surface area contributed by atoms with Crippen molar-refractivity contribution in [2.24, 2.45) is 0 Å². The Morgan fingerprint density at radius 1 is 1.15 bits per heavy atom. The molecule has 20 heavy (non-hydrogen) atoms. The Labute approximate surface area is 120 Å². The molecule has 0 saturated heterocycles. The molecular weight excluding hydrogens is 274 g/mol. The van der Waals surface area contributed by atoms with E-state index in [0.717, 1.165) is 12.2 Å². The molecule has 0 aliphatic heterocycles. The highest BCUT2D eigenvalue weighted by atomic mass is 32.2. The molecule has 0 fully saturated rings. The molecule has 7 heteroatoms. The van der Waals surface area contributed by atoms with Crippen molar-refractivity contribution in [2.75, 3.05) is 5.75 Å². The van der Waals surface area contributed by atoms with Crippen LogP contribution in [0.5, 0.6) is 0 Å². The molecule has 2 aromatic heterocycles. The van der Waals surface area contributed by atoms with Gasteiger partial charge in [0.2, 0.25) is 5.89 Å². The van der Waals surface area contributed by atoms with Crippen LogP contribution in [0.4, 0.5) is 0 Å². The third-order valence-corrected chi connectivity index (χ3v) is 3.49. The summed E-state index contributed by atoms with van der Waals surface area (Å²) in [6, 6.07) is 10.3. The maximum atomic E-state index is 5.55. The molecule has 0 spiro atoms. The van der Waals surface area contributed by atoms with Crippen LogP contribution in [0.3, 0.4) is 0 Å². The van der Waals surface area contributed by atoms with Crippen molar-refractivity contribution in [3.8, 4) is 0 Å². The van der Waals surface area contributed by atoms with Crippen LogP contribution in [-0.2, 0) is 13.0 Å². The monoisotopic (exact) mass is 287 g/mol. The quantitative estimate of drug-likeness (QED) is 0.646. The SMILES string of the molecule is c1ccc(CCSc2nnc(Cn3cncn3)o2)cc1. The number of aryl methyl sites for hydroxylation is 1. The van der Waals surface area contributed by atoms with E-state index in [1.165, 1.54) is 11.9 Å². The van der Waals surface area contributed by atoms with E-state index in [2.05, 4.69) is 32.4 Å². The van der Waals surface area contributed by atoms with Crippen molar-refractivity contribution in [3.05, 3.63) is 54.4 Å². The average Bonchev–Trinajstić information content (AvgIpc) is 3.13. The second-order valence-electron chi connectivity index (χ2n) is 4.14. The fourth-order valence-electron chi connectivity index (χ4n) is 1.71. The van der Waals surface area contributed by atoms with Gasteiger partial charge in [-0.2, -0.15) is 5.10 Å². The van der Waals surface area contributed by atoms with Crippen molar-refractivity contribution in [3.63, 3.8) is 0 Å². The maximum Gasteiger partial charge on any atom is 0.276 e. The normalized spacial score (nSPS) is 10.8. The first-order valence-corrected chi connectivity index (χ1v) is 7.20. The molecule has 0 aliphatic carbocycles. The zero-order valence-corrected chi connectivity index (χ0v) is 11.5. The van der Waals surface area contributed by atoms with Crippen LogP contribution in [0.1, 0.15) is 11.5 Å². The minimum atomic E-state index is 0.451. The molecular formula is C13H13N5OS. The van der Waals surface area contributed by atoms with E-state index in [1.54, 1.807) is 22.8 Å². The van der Waals surface area contributed by atoms with E-state index in [1.807, 2.05) is 18.2 Å². The van der Waals surface area contributed by atoms with Gasteiger partial charge in [-0.05, 0) is 12.0 Å². The van der Waals surface area contributed by atoms with Gasteiger partial charge in [0.25, 0.3) is 5.22 Å². The summed E-state index contributed by atoms with van der Waals surface area (Å²) in [6.07, 6.45) is 4.07. The third-order valence-electron chi connectivity index (χ3n) is 2.67. The summed E-state index contributed by atoms with van der Waals surface area (Å²) in [4.78, 5) is 3.87. The van der Waals surface area contributed by atoms with Crippen LogP contribution in [-0.4, -0.2) is 30.7 Å². The molecule has 1 aromatic carbocycles. The van der Waals surface area contributed by atoms with Crippen molar-refractivity contribution in [1.29, 1.82) is 0 Å². The number of nitrogens with zero attached hydrogens (tertiary/aromatic N) is 5.